The summed E-state index contributed by atoms with van der Waals surface area (Å²) in [6, 6.07) is 9.83. The maximum absolute atomic E-state index is 5.96. The smallest absolute Gasteiger partial charge is 0.0635 e. The molecule has 0 bridgehead atoms. The molecule has 0 aliphatic heterocycles. The summed E-state index contributed by atoms with van der Waals surface area (Å²) in [5, 5.41) is 0. The van der Waals surface area contributed by atoms with Gasteiger partial charge in [0.25, 0.3) is 0 Å². The van der Waals surface area contributed by atoms with Gasteiger partial charge in [0, 0.05) is 15.3 Å². The number of hydrogen-bond acceptors (Lipinski definition) is 3. The first-order valence-corrected chi connectivity index (χ1v) is 5.81. The molecule has 1 aromatic heterocycles. The summed E-state index contributed by atoms with van der Waals surface area (Å²) >= 11 is 1.68. The summed E-state index contributed by atoms with van der Waals surface area (Å²) < 4.78 is 0. The molecule has 82 valence electrons. The molecule has 0 aliphatic carbocycles. The van der Waals surface area contributed by atoms with Gasteiger partial charge in [-0.15, -0.1) is 11.3 Å². The number of benzene rings is 1. The van der Waals surface area contributed by atoms with Crippen LogP contribution in [0.25, 0.3) is 16.0 Å². The average molecular weight is 230 g/mol. The highest BCUT2D eigenvalue weighted by molar-refractivity contribution is 7.16. The second-order valence-corrected chi connectivity index (χ2v) is 4.84. The van der Waals surface area contributed by atoms with Gasteiger partial charge in [-0.3, -0.25) is 0 Å². The predicted octanol–water partition coefficient (Wildman–Crippen LogP) is 3.61. The van der Waals surface area contributed by atoms with Crippen LogP contribution in [0.2, 0.25) is 0 Å². The molecule has 0 amide bonds. The van der Waals surface area contributed by atoms with E-state index in [1.54, 1.807) is 11.3 Å². The standard InChI is InChI=1S/C13H14N2S/c1-8(2)11-6-7-12(16-11)9-4-3-5-10(14)13(9)15/h3-7H,1,14-15H2,2H3. The minimum Gasteiger partial charge on any atom is -0.397 e. The highest BCUT2D eigenvalue weighted by Gasteiger charge is 2.08. The van der Waals surface area contributed by atoms with Crippen LogP contribution in [0.4, 0.5) is 11.4 Å². The number of thiophene rings is 1. The van der Waals surface area contributed by atoms with Gasteiger partial charge in [-0.1, -0.05) is 18.7 Å². The Kier molecular flexibility index (Phi) is 2.71. The minimum atomic E-state index is 0.628. The Bertz CT molecular complexity index is 541. The number of nitrogens with two attached hydrogens (primary N) is 2. The summed E-state index contributed by atoms with van der Waals surface area (Å²) in [4.78, 5) is 2.31. The van der Waals surface area contributed by atoms with Gasteiger partial charge in [0.2, 0.25) is 0 Å². The third kappa shape index (κ3) is 1.82. The van der Waals surface area contributed by atoms with Crippen molar-refractivity contribution < 1.29 is 0 Å². The van der Waals surface area contributed by atoms with Gasteiger partial charge in [0.1, 0.15) is 0 Å². The fourth-order valence-electron chi connectivity index (χ4n) is 1.51. The number of allylic oxidation sites excluding steroid dienone is 1. The average Bonchev–Trinajstić information content (AvgIpc) is 2.71. The first-order chi connectivity index (χ1) is 7.59. The van der Waals surface area contributed by atoms with E-state index in [0.29, 0.717) is 11.4 Å². The molecule has 2 nitrogen and oxygen atoms in total. The van der Waals surface area contributed by atoms with Gasteiger partial charge in [-0.2, -0.15) is 0 Å². The van der Waals surface area contributed by atoms with Crippen LogP contribution >= 0.6 is 11.3 Å². The summed E-state index contributed by atoms with van der Waals surface area (Å²) in [6.45, 7) is 5.93. The lowest BCUT2D eigenvalue weighted by Gasteiger charge is -2.05. The van der Waals surface area contributed by atoms with Crippen molar-refractivity contribution in [2.75, 3.05) is 11.5 Å². The first-order valence-electron chi connectivity index (χ1n) is 4.99. The summed E-state index contributed by atoms with van der Waals surface area (Å²) in [6.07, 6.45) is 0. The Morgan fingerprint density at radius 3 is 2.56 bits per heavy atom. The third-order valence-electron chi connectivity index (χ3n) is 2.43. The van der Waals surface area contributed by atoms with Crippen molar-refractivity contribution in [3.05, 3.63) is 41.8 Å². The molecule has 2 aromatic rings. The monoisotopic (exact) mass is 230 g/mol. The molecule has 4 N–H and O–H groups in total. The number of anilines is 2. The van der Waals surface area contributed by atoms with Crippen LogP contribution < -0.4 is 11.5 Å². The fourth-order valence-corrected chi connectivity index (χ4v) is 2.48. The molecule has 0 saturated heterocycles. The third-order valence-corrected chi connectivity index (χ3v) is 3.71. The van der Waals surface area contributed by atoms with Gasteiger partial charge in [0.15, 0.2) is 0 Å². The maximum Gasteiger partial charge on any atom is 0.0635 e. The van der Waals surface area contributed by atoms with Gasteiger partial charge in [-0.05, 0) is 30.7 Å². The van der Waals surface area contributed by atoms with Crippen LogP contribution in [0, 0.1) is 0 Å². The molecule has 3 heteroatoms. The topological polar surface area (TPSA) is 52.0 Å². The van der Waals surface area contributed by atoms with Gasteiger partial charge < -0.3 is 11.5 Å². The molecule has 0 atom stereocenters. The van der Waals surface area contributed by atoms with Crippen molar-refractivity contribution in [2.45, 2.75) is 6.92 Å². The van der Waals surface area contributed by atoms with E-state index >= 15 is 0 Å². The van der Waals surface area contributed by atoms with E-state index < -0.39 is 0 Å². The van der Waals surface area contributed by atoms with Crippen LogP contribution in [0.5, 0.6) is 0 Å². The van der Waals surface area contributed by atoms with E-state index in [-0.39, 0.29) is 0 Å². The van der Waals surface area contributed by atoms with Crippen LogP contribution in [0.1, 0.15) is 11.8 Å². The normalized spacial score (nSPS) is 10.3. The quantitative estimate of drug-likeness (QED) is 0.774. The number of para-hydroxylation sites is 1. The van der Waals surface area contributed by atoms with Crippen LogP contribution in [-0.2, 0) is 0 Å². The van der Waals surface area contributed by atoms with E-state index in [9.17, 15) is 0 Å². The molecule has 2 rings (SSSR count). The zero-order valence-corrected chi connectivity index (χ0v) is 9.97. The fraction of sp³-hybridized carbons (Fsp3) is 0.0769. The predicted molar refractivity (Wildman–Crippen MR) is 73.3 cm³/mol. The second kappa shape index (κ2) is 4.02. The van der Waals surface area contributed by atoms with E-state index in [1.165, 1.54) is 4.88 Å². The molecule has 0 radical (unpaired) electrons. The summed E-state index contributed by atoms with van der Waals surface area (Å²) in [5.74, 6) is 0. The number of hydrogen-bond donors (Lipinski definition) is 2. The molecule has 16 heavy (non-hydrogen) atoms. The highest BCUT2D eigenvalue weighted by atomic mass is 32.1. The molecule has 0 unspecified atom stereocenters. The summed E-state index contributed by atoms with van der Waals surface area (Å²) in [7, 11) is 0. The van der Waals surface area contributed by atoms with Crippen molar-refractivity contribution in [1.29, 1.82) is 0 Å². The molecule has 1 aromatic carbocycles. The van der Waals surface area contributed by atoms with Crippen LogP contribution in [0.15, 0.2) is 36.9 Å². The van der Waals surface area contributed by atoms with Crippen molar-refractivity contribution in [3.8, 4) is 10.4 Å². The number of nitrogen functional groups attached to an aromatic ring is 2. The van der Waals surface area contributed by atoms with Crippen molar-refractivity contribution in [2.24, 2.45) is 0 Å². The number of rotatable bonds is 2. The van der Waals surface area contributed by atoms with E-state index in [2.05, 4.69) is 18.7 Å². The van der Waals surface area contributed by atoms with E-state index in [4.69, 9.17) is 11.5 Å². The Hall–Kier alpha value is -1.74. The van der Waals surface area contributed by atoms with Crippen LogP contribution in [0.3, 0.4) is 0 Å². The van der Waals surface area contributed by atoms with Crippen molar-refractivity contribution in [3.63, 3.8) is 0 Å². The Labute approximate surface area is 99.2 Å². The zero-order chi connectivity index (χ0) is 11.7. The van der Waals surface area contributed by atoms with Gasteiger partial charge in [0.05, 0.1) is 11.4 Å². The van der Waals surface area contributed by atoms with Crippen LogP contribution in [-0.4, -0.2) is 0 Å². The SMILES string of the molecule is C=C(C)c1ccc(-c2cccc(N)c2N)s1. The Balaban J connectivity index is 2.50. The molecular weight excluding hydrogens is 216 g/mol. The molecule has 0 spiro atoms. The van der Waals surface area contributed by atoms with Gasteiger partial charge in [-0.25, -0.2) is 0 Å². The lowest BCUT2D eigenvalue weighted by Crippen LogP contribution is -1.95. The zero-order valence-electron chi connectivity index (χ0n) is 9.16. The molecule has 0 aliphatic rings. The van der Waals surface area contributed by atoms with Gasteiger partial charge >= 0.3 is 0 Å². The minimum absolute atomic E-state index is 0.628. The lowest BCUT2D eigenvalue weighted by atomic mass is 10.1. The maximum atomic E-state index is 5.96. The Morgan fingerprint density at radius 1 is 1.19 bits per heavy atom. The highest BCUT2D eigenvalue weighted by Crippen LogP contribution is 2.36. The van der Waals surface area contributed by atoms with E-state index in [1.807, 2.05) is 25.1 Å². The Morgan fingerprint density at radius 2 is 1.94 bits per heavy atom. The van der Waals surface area contributed by atoms with E-state index in [0.717, 1.165) is 16.0 Å². The lowest BCUT2D eigenvalue weighted by molar-refractivity contribution is 1.66. The molecular formula is C13H14N2S. The summed E-state index contributed by atoms with van der Waals surface area (Å²) in [5.41, 5.74) is 15.1. The molecule has 0 saturated carbocycles. The molecule has 0 fully saturated rings. The van der Waals surface area contributed by atoms with Crippen molar-refractivity contribution >= 4 is 28.3 Å². The largest absolute Gasteiger partial charge is 0.397 e. The first kappa shape index (κ1) is 10.8. The molecule has 1 heterocycles. The second-order valence-electron chi connectivity index (χ2n) is 3.75. The van der Waals surface area contributed by atoms with Crippen molar-refractivity contribution in [1.82, 2.24) is 0 Å².